The van der Waals surface area contributed by atoms with Gasteiger partial charge in [0.05, 0.1) is 0 Å². The summed E-state index contributed by atoms with van der Waals surface area (Å²) in [6, 6.07) is 5.70. The summed E-state index contributed by atoms with van der Waals surface area (Å²) in [7, 11) is 0. The monoisotopic (exact) mass is 346 g/mol. The van der Waals surface area contributed by atoms with E-state index >= 15 is 0 Å². The molecule has 3 nitrogen and oxygen atoms in total. The quantitative estimate of drug-likeness (QED) is 0.743. The summed E-state index contributed by atoms with van der Waals surface area (Å²) in [6.07, 6.45) is 0.498. The first kappa shape index (κ1) is 16.5. The van der Waals surface area contributed by atoms with Crippen molar-refractivity contribution in [3.05, 3.63) is 33.3 Å². The molecule has 0 saturated carbocycles. The van der Waals surface area contributed by atoms with Gasteiger partial charge in [0.25, 0.3) is 0 Å². The van der Waals surface area contributed by atoms with Gasteiger partial charge in [-0.2, -0.15) is 0 Å². The second-order valence-corrected chi connectivity index (χ2v) is 6.15. The van der Waals surface area contributed by atoms with E-state index in [1.54, 1.807) is 0 Å². The molecule has 5 heteroatoms. The van der Waals surface area contributed by atoms with E-state index < -0.39 is 0 Å². The van der Waals surface area contributed by atoms with Crippen LogP contribution in [0.15, 0.2) is 22.7 Å². The maximum atomic E-state index is 11.5. The molecule has 1 aromatic rings. The molecule has 0 unspecified atom stereocenters. The summed E-state index contributed by atoms with van der Waals surface area (Å²) in [4.78, 5) is 11.5. The van der Waals surface area contributed by atoms with Crippen LogP contribution in [0, 0.1) is 5.92 Å². The van der Waals surface area contributed by atoms with Crippen molar-refractivity contribution >= 4 is 33.4 Å². The van der Waals surface area contributed by atoms with Crippen molar-refractivity contribution in [3.63, 3.8) is 0 Å². The molecule has 2 N–H and O–H groups in total. The summed E-state index contributed by atoms with van der Waals surface area (Å²) in [5.41, 5.74) is 1.13. The number of rotatable bonds is 7. The predicted molar refractivity (Wildman–Crippen MR) is 83.3 cm³/mol. The minimum Gasteiger partial charge on any atom is -0.356 e. The van der Waals surface area contributed by atoms with Crippen LogP contribution < -0.4 is 10.6 Å². The summed E-state index contributed by atoms with van der Waals surface area (Å²) >= 11 is 9.34. The van der Waals surface area contributed by atoms with Crippen LogP contribution in [-0.2, 0) is 11.3 Å². The highest BCUT2D eigenvalue weighted by Crippen LogP contribution is 2.21. The summed E-state index contributed by atoms with van der Waals surface area (Å²) in [5.74, 6) is 0.582. The van der Waals surface area contributed by atoms with E-state index in [0.717, 1.165) is 23.1 Å². The van der Waals surface area contributed by atoms with Crippen molar-refractivity contribution in [1.82, 2.24) is 10.6 Å². The lowest BCUT2D eigenvalue weighted by atomic mass is 10.2. The van der Waals surface area contributed by atoms with Crippen molar-refractivity contribution in [1.29, 1.82) is 0 Å². The summed E-state index contributed by atoms with van der Waals surface area (Å²) in [6.45, 7) is 6.28. The predicted octanol–water partition coefficient (Wildman–Crippen LogP) is 3.35. The number of carbonyl (C=O) groups excluding carboxylic acids is 1. The Morgan fingerprint density at radius 2 is 2.16 bits per heavy atom. The van der Waals surface area contributed by atoms with Crippen LogP contribution in [0.3, 0.4) is 0 Å². The van der Waals surface area contributed by atoms with Crippen molar-refractivity contribution in [2.24, 2.45) is 5.92 Å². The lowest BCUT2D eigenvalue weighted by Crippen LogP contribution is -2.30. The van der Waals surface area contributed by atoms with Crippen LogP contribution in [0.5, 0.6) is 0 Å². The molecule has 0 aliphatic carbocycles. The molecule has 0 bridgehead atoms. The SMILES string of the molecule is CC(C)CNC(=O)CCNCc1ccc(Cl)cc1Br. The minimum absolute atomic E-state index is 0.0939. The first-order valence-electron chi connectivity index (χ1n) is 6.40. The van der Waals surface area contributed by atoms with Gasteiger partial charge in [0.1, 0.15) is 0 Å². The van der Waals surface area contributed by atoms with Gasteiger partial charge in [-0.1, -0.05) is 47.4 Å². The molecular formula is C14H20BrClN2O. The van der Waals surface area contributed by atoms with Crippen LogP contribution in [-0.4, -0.2) is 19.0 Å². The second kappa shape index (κ2) is 8.56. The smallest absolute Gasteiger partial charge is 0.221 e. The Balaban J connectivity index is 2.22. The zero-order chi connectivity index (χ0) is 14.3. The topological polar surface area (TPSA) is 41.1 Å². The van der Waals surface area contributed by atoms with E-state index in [1.165, 1.54) is 0 Å². The zero-order valence-electron chi connectivity index (χ0n) is 11.3. The lowest BCUT2D eigenvalue weighted by molar-refractivity contribution is -0.121. The third-order valence-corrected chi connectivity index (χ3v) is 3.54. The normalized spacial score (nSPS) is 10.8. The first-order chi connectivity index (χ1) is 8.99. The lowest BCUT2D eigenvalue weighted by Gasteiger charge is -2.09. The van der Waals surface area contributed by atoms with Gasteiger partial charge in [0.2, 0.25) is 5.91 Å². The number of hydrogen-bond acceptors (Lipinski definition) is 2. The molecule has 1 rings (SSSR count). The summed E-state index contributed by atoms with van der Waals surface area (Å²) in [5, 5.41) is 6.85. The third kappa shape index (κ3) is 6.95. The van der Waals surface area contributed by atoms with Crippen molar-refractivity contribution in [3.8, 4) is 0 Å². The number of hydrogen-bond donors (Lipinski definition) is 2. The first-order valence-corrected chi connectivity index (χ1v) is 7.57. The Hall–Kier alpha value is -0.580. The van der Waals surface area contributed by atoms with Gasteiger partial charge < -0.3 is 10.6 Å². The molecule has 0 aliphatic rings. The van der Waals surface area contributed by atoms with Crippen LogP contribution in [0.1, 0.15) is 25.8 Å². The van der Waals surface area contributed by atoms with Gasteiger partial charge in [-0.05, 0) is 23.6 Å². The Labute approximate surface area is 128 Å². The molecule has 0 aliphatic heterocycles. The maximum absolute atomic E-state index is 11.5. The van der Waals surface area contributed by atoms with Crippen LogP contribution in [0.4, 0.5) is 0 Å². The van der Waals surface area contributed by atoms with E-state index in [1.807, 2.05) is 18.2 Å². The van der Waals surface area contributed by atoms with E-state index in [9.17, 15) is 4.79 Å². The molecule has 0 heterocycles. The van der Waals surface area contributed by atoms with E-state index in [0.29, 0.717) is 23.9 Å². The summed E-state index contributed by atoms with van der Waals surface area (Å²) < 4.78 is 0.983. The third-order valence-electron chi connectivity index (χ3n) is 2.57. The van der Waals surface area contributed by atoms with Gasteiger partial charge in [0.15, 0.2) is 0 Å². The highest BCUT2D eigenvalue weighted by molar-refractivity contribution is 9.10. The van der Waals surface area contributed by atoms with Crippen LogP contribution in [0.2, 0.25) is 5.02 Å². The van der Waals surface area contributed by atoms with Crippen LogP contribution >= 0.6 is 27.5 Å². The molecule has 0 saturated heterocycles. The number of halogens is 2. The number of benzene rings is 1. The fourth-order valence-electron chi connectivity index (χ4n) is 1.50. The highest BCUT2D eigenvalue weighted by atomic mass is 79.9. The van der Waals surface area contributed by atoms with Gasteiger partial charge in [-0.3, -0.25) is 4.79 Å². The fraction of sp³-hybridized carbons (Fsp3) is 0.500. The molecule has 0 fully saturated rings. The Bertz CT molecular complexity index is 424. The molecule has 0 aromatic heterocycles. The maximum Gasteiger partial charge on any atom is 0.221 e. The van der Waals surface area contributed by atoms with Crippen molar-refractivity contribution < 1.29 is 4.79 Å². The standard InChI is InChI=1S/C14H20BrClN2O/c1-10(2)8-18-14(19)5-6-17-9-11-3-4-12(16)7-13(11)15/h3-4,7,10,17H,5-6,8-9H2,1-2H3,(H,18,19). The van der Waals surface area contributed by atoms with E-state index in [4.69, 9.17) is 11.6 Å². The zero-order valence-corrected chi connectivity index (χ0v) is 13.6. The Morgan fingerprint density at radius 3 is 2.79 bits per heavy atom. The Kier molecular flexibility index (Phi) is 7.42. The van der Waals surface area contributed by atoms with Gasteiger partial charge in [0, 0.05) is 35.6 Å². The average molecular weight is 348 g/mol. The molecular weight excluding hydrogens is 328 g/mol. The minimum atomic E-state index is 0.0939. The fourth-order valence-corrected chi connectivity index (χ4v) is 2.32. The number of carbonyl (C=O) groups is 1. The average Bonchev–Trinajstić information content (AvgIpc) is 2.34. The molecule has 1 amide bonds. The van der Waals surface area contributed by atoms with E-state index in [2.05, 4.69) is 40.4 Å². The molecule has 19 heavy (non-hydrogen) atoms. The van der Waals surface area contributed by atoms with Crippen LogP contribution in [0.25, 0.3) is 0 Å². The molecule has 1 aromatic carbocycles. The molecule has 0 radical (unpaired) electrons. The highest BCUT2D eigenvalue weighted by Gasteiger charge is 2.03. The van der Waals surface area contributed by atoms with Gasteiger partial charge in [-0.15, -0.1) is 0 Å². The molecule has 0 atom stereocenters. The van der Waals surface area contributed by atoms with Crippen molar-refractivity contribution in [2.75, 3.05) is 13.1 Å². The second-order valence-electron chi connectivity index (χ2n) is 4.86. The van der Waals surface area contributed by atoms with Crippen molar-refractivity contribution in [2.45, 2.75) is 26.8 Å². The largest absolute Gasteiger partial charge is 0.356 e. The van der Waals surface area contributed by atoms with Gasteiger partial charge >= 0.3 is 0 Å². The molecule has 0 spiro atoms. The van der Waals surface area contributed by atoms with Gasteiger partial charge in [-0.25, -0.2) is 0 Å². The number of nitrogens with one attached hydrogen (secondary N) is 2. The molecule has 106 valence electrons. The Morgan fingerprint density at radius 1 is 1.42 bits per heavy atom. The number of amides is 1. The van der Waals surface area contributed by atoms with E-state index in [-0.39, 0.29) is 5.91 Å².